The Hall–Kier alpha value is -0.590. The summed E-state index contributed by atoms with van der Waals surface area (Å²) in [4.78, 5) is 0. The zero-order chi connectivity index (χ0) is 13.0. The van der Waals surface area contributed by atoms with Crippen molar-refractivity contribution in [3.05, 3.63) is 42.5 Å². The van der Waals surface area contributed by atoms with E-state index in [1.165, 1.54) is 0 Å². The molecule has 2 rings (SSSR count). The molecule has 0 unspecified atom stereocenters. The zero-order valence-electron chi connectivity index (χ0n) is 10.7. The summed E-state index contributed by atoms with van der Waals surface area (Å²) in [6.45, 7) is 0.218. The van der Waals surface area contributed by atoms with E-state index in [1.807, 2.05) is 42.5 Å². The van der Waals surface area contributed by atoms with Gasteiger partial charge in [0.15, 0.2) is 0 Å². The molecular weight excluding hydrogens is 275 g/mol. The summed E-state index contributed by atoms with van der Waals surface area (Å²) in [5.41, 5.74) is 0. The van der Waals surface area contributed by atoms with Gasteiger partial charge in [-0.1, -0.05) is 36.4 Å². The molecule has 0 atom stereocenters. The fraction of sp³-hybridized carbons (Fsp3) is 0.231. The molecule has 19 heavy (non-hydrogen) atoms. The van der Waals surface area contributed by atoms with Gasteiger partial charge in [0.25, 0.3) is 0 Å². The summed E-state index contributed by atoms with van der Waals surface area (Å²) in [6, 6.07) is 13.5. The van der Waals surface area contributed by atoms with Crippen molar-refractivity contribution in [2.45, 2.75) is 6.42 Å². The third-order valence-corrected chi connectivity index (χ3v) is 3.33. The zero-order valence-corrected chi connectivity index (χ0v) is 13.5. The van der Waals surface area contributed by atoms with Crippen molar-refractivity contribution in [1.29, 1.82) is 0 Å². The van der Waals surface area contributed by atoms with E-state index in [2.05, 4.69) is 0 Å². The molecule has 0 fully saturated rings. The number of hydrogen-bond donors (Lipinski definition) is 0. The van der Waals surface area contributed by atoms with Crippen molar-refractivity contribution in [1.82, 2.24) is 0 Å². The van der Waals surface area contributed by atoms with Crippen molar-refractivity contribution in [3.63, 3.8) is 0 Å². The second kappa shape index (κ2) is 7.26. The average Bonchev–Trinajstić information content (AvgIpc) is 2.33. The van der Waals surface area contributed by atoms with E-state index < -0.39 is 15.9 Å². The maximum Gasteiger partial charge on any atom is 1.00 e. The Bertz CT molecular complexity index is 635. The van der Waals surface area contributed by atoms with Crippen LogP contribution in [0, 0.1) is 0 Å². The SMILES string of the molecule is O=S(=O)([O-])CCCOc1cccc2ccccc12.[Na+]. The topological polar surface area (TPSA) is 66.4 Å². The van der Waals surface area contributed by atoms with Crippen LogP contribution in [-0.4, -0.2) is 25.3 Å². The molecule has 2 aromatic rings. The summed E-state index contributed by atoms with van der Waals surface area (Å²) < 4.78 is 36.8. The first-order valence-electron chi connectivity index (χ1n) is 5.60. The molecule has 0 aromatic heterocycles. The predicted octanol–water partition coefficient (Wildman–Crippen LogP) is -0.842. The molecule has 4 nitrogen and oxygen atoms in total. The summed E-state index contributed by atoms with van der Waals surface area (Å²) in [5, 5.41) is 2.04. The molecule has 0 aliphatic heterocycles. The van der Waals surface area contributed by atoms with Gasteiger partial charge in [0.2, 0.25) is 0 Å². The molecule has 0 bridgehead atoms. The summed E-state index contributed by atoms with van der Waals surface area (Å²) in [7, 11) is -4.15. The number of fused-ring (bicyclic) bond motifs is 1. The van der Waals surface area contributed by atoms with Crippen molar-refractivity contribution in [2.24, 2.45) is 0 Å². The van der Waals surface area contributed by atoms with Crippen LogP contribution in [-0.2, 0) is 10.1 Å². The maximum absolute atomic E-state index is 10.4. The second-order valence-corrected chi connectivity index (χ2v) is 5.46. The van der Waals surface area contributed by atoms with Crippen LogP contribution in [0.15, 0.2) is 42.5 Å². The van der Waals surface area contributed by atoms with Gasteiger partial charge in [-0.3, -0.25) is 0 Å². The number of hydrogen-bond acceptors (Lipinski definition) is 4. The largest absolute Gasteiger partial charge is 1.00 e. The molecule has 96 valence electrons. The van der Waals surface area contributed by atoms with Crippen LogP contribution in [0.4, 0.5) is 0 Å². The molecule has 0 aliphatic carbocycles. The molecular formula is C13H13NaO4S. The van der Waals surface area contributed by atoms with Gasteiger partial charge < -0.3 is 9.29 Å². The number of rotatable bonds is 5. The second-order valence-electron chi connectivity index (χ2n) is 3.94. The standard InChI is InChI=1S/C13H14O4S.Na/c14-18(15,16)10-4-9-17-13-8-3-6-11-5-1-2-7-12(11)13;/h1-3,5-8H,4,9-10H2,(H,14,15,16);/q;+1/p-1. The van der Waals surface area contributed by atoms with Crippen molar-refractivity contribution < 1.29 is 47.3 Å². The quantitative estimate of drug-likeness (QED) is 0.409. The summed E-state index contributed by atoms with van der Waals surface area (Å²) in [6.07, 6.45) is 0.203. The smallest absolute Gasteiger partial charge is 0.748 e. The molecule has 0 saturated heterocycles. The molecule has 0 radical (unpaired) electrons. The molecule has 6 heteroatoms. The van der Waals surface area contributed by atoms with E-state index >= 15 is 0 Å². The number of benzene rings is 2. The average molecular weight is 288 g/mol. The van der Waals surface area contributed by atoms with E-state index in [0.29, 0.717) is 5.75 Å². The van der Waals surface area contributed by atoms with Crippen molar-refractivity contribution in [3.8, 4) is 5.75 Å². The van der Waals surface area contributed by atoms with Crippen LogP contribution in [0.5, 0.6) is 5.75 Å². The fourth-order valence-electron chi connectivity index (χ4n) is 1.74. The Morgan fingerprint density at radius 3 is 2.47 bits per heavy atom. The molecule has 0 N–H and O–H groups in total. The van der Waals surface area contributed by atoms with Gasteiger partial charge in [0.1, 0.15) is 5.75 Å². The van der Waals surface area contributed by atoms with Crippen LogP contribution in [0.2, 0.25) is 0 Å². The van der Waals surface area contributed by atoms with Gasteiger partial charge in [0.05, 0.1) is 16.7 Å². The van der Waals surface area contributed by atoms with Gasteiger partial charge in [-0.05, 0) is 17.9 Å². The van der Waals surface area contributed by atoms with Crippen molar-refractivity contribution >= 4 is 20.9 Å². The third kappa shape index (κ3) is 5.12. The Morgan fingerprint density at radius 1 is 1.05 bits per heavy atom. The minimum absolute atomic E-state index is 0. The Morgan fingerprint density at radius 2 is 1.74 bits per heavy atom. The van der Waals surface area contributed by atoms with Crippen molar-refractivity contribution in [2.75, 3.05) is 12.4 Å². The van der Waals surface area contributed by atoms with Gasteiger partial charge in [0, 0.05) is 11.1 Å². The third-order valence-electron chi connectivity index (χ3n) is 2.55. The normalized spacial score (nSPS) is 11.0. The first kappa shape index (κ1) is 16.5. The Kier molecular flexibility index (Phi) is 6.29. The van der Waals surface area contributed by atoms with Gasteiger partial charge >= 0.3 is 29.6 Å². The fourth-order valence-corrected chi connectivity index (χ4v) is 2.21. The first-order chi connectivity index (χ1) is 8.56. The van der Waals surface area contributed by atoms with Gasteiger partial charge in [-0.25, -0.2) is 8.42 Å². The minimum atomic E-state index is -4.15. The Balaban J connectivity index is 0.00000180. The van der Waals surface area contributed by atoms with E-state index in [4.69, 9.17) is 4.74 Å². The van der Waals surface area contributed by atoms with E-state index in [0.717, 1.165) is 10.8 Å². The van der Waals surface area contributed by atoms with Crippen LogP contribution in [0.3, 0.4) is 0 Å². The maximum atomic E-state index is 10.4. The van der Waals surface area contributed by atoms with E-state index in [9.17, 15) is 13.0 Å². The van der Waals surface area contributed by atoms with Crippen LogP contribution >= 0.6 is 0 Å². The van der Waals surface area contributed by atoms with Gasteiger partial charge in [-0.2, -0.15) is 0 Å². The predicted molar refractivity (Wildman–Crippen MR) is 68.6 cm³/mol. The minimum Gasteiger partial charge on any atom is -0.748 e. The van der Waals surface area contributed by atoms with Crippen LogP contribution in [0.25, 0.3) is 10.8 Å². The molecule has 0 heterocycles. The van der Waals surface area contributed by atoms with Crippen LogP contribution in [0.1, 0.15) is 6.42 Å². The Labute approximate surface area is 134 Å². The molecule has 0 amide bonds. The molecule has 2 aromatic carbocycles. The van der Waals surface area contributed by atoms with E-state index in [1.54, 1.807) is 0 Å². The van der Waals surface area contributed by atoms with E-state index in [-0.39, 0.29) is 42.6 Å². The summed E-state index contributed by atoms with van der Waals surface area (Å²) >= 11 is 0. The molecule has 0 saturated carbocycles. The first-order valence-corrected chi connectivity index (χ1v) is 7.18. The molecule has 0 aliphatic rings. The number of ether oxygens (including phenoxy) is 1. The van der Waals surface area contributed by atoms with Crippen LogP contribution < -0.4 is 34.3 Å². The summed E-state index contributed by atoms with van der Waals surface area (Å²) in [5.74, 6) is 0.314. The van der Waals surface area contributed by atoms with Gasteiger partial charge in [-0.15, -0.1) is 0 Å². The monoisotopic (exact) mass is 288 g/mol. The molecule has 0 spiro atoms.